The van der Waals surface area contributed by atoms with Crippen molar-refractivity contribution >= 4 is 11.0 Å². The van der Waals surface area contributed by atoms with Crippen molar-refractivity contribution in [3.63, 3.8) is 0 Å². The Balaban J connectivity index is 2.00. The Bertz CT molecular complexity index is 712. The van der Waals surface area contributed by atoms with Gasteiger partial charge in [-0.3, -0.25) is 0 Å². The molecule has 4 nitrogen and oxygen atoms in total. The molecule has 0 aliphatic carbocycles. The molecule has 2 heterocycles. The number of aryl methyl sites for hydroxylation is 2. The Morgan fingerprint density at radius 1 is 1.37 bits per heavy atom. The van der Waals surface area contributed by atoms with E-state index < -0.39 is 6.10 Å². The van der Waals surface area contributed by atoms with Gasteiger partial charge in [0.1, 0.15) is 17.2 Å². The summed E-state index contributed by atoms with van der Waals surface area (Å²) >= 11 is 0. The highest BCUT2D eigenvalue weighted by Crippen LogP contribution is 2.31. The topological polar surface area (TPSA) is 51.2 Å². The van der Waals surface area contributed by atoms with E-state index in [0.717, 1.165) is 28.1 Å². The molecule has 0 spiro atoms. The van der Waals surface area contributed by atoms with Crippen LogP contribution in [0.15, 0.2) is 41.1 Å². The number of benzene rings is 1. The van der Waals surface area contributed by atoms with E-state index in [2.05, 4.69) is 4.98 Å². The number of rotatable bonds is 3. The fourth-order valence-electron chi connectivity index (χ4n) is 2.47. The molecule has 3 aromatic rings. The van der Waals surface area contributed by atoms with Gasteiger partial charge in [-0.15, -0.1) is 0 Å². The van der Waals surface area contributed by atoms with Crippen LogP contribution in [0, 0.1) is 6.92 Å². The van der Waals surface area contributed by atoms with Gasteiger partial charge in [-0.2, -0.15) is 0 Å². The van der Waals surface area contributed by atoms with Gasteiger partial charge < -0.3 is 14.1 Å². The summed E-state index contributed by atoms with van der Waals surface area (Å²) in [6.45, 7) is 1.89. The lowest BCUT2D eigenvalue weighted by molar-refractivity contribution is 0.174. The first-order chi connectivity index (χ1) is 9.16. The number of aliphatic hydroxyl groups is 1. The van der Waals surface area contributed by atoms with Gasteiger partial charge in [-0.1, -0.05) is 18.2 Å². The molecule has 0 radical (unpaired) electrons. The average molecular weight is 256 g/mol. The van der Waals surface area contributed by atoms with Crippen molar-refractivity contribution in [2.45, 2.75) is 19.4 Å². The smallest absolute Gasteiger partial charge is 0.134 e. The maximum Gasteiger partial charge on any atom is 0.134 e. The maximum absolute atomic E-state index is 10.5. The van der Waals surface area contributed by atoms with Gasteiger partial charge in [0.15, 0.2) is 0 Å². The van der Waals surface area contributed by atoms with Crippen molar-refractivity contribution in [3.05, 3.63) is 53.8 Å². The van der Waals surface area contributed by atoms with E-state index in [1.165, 1.54) is 0 Å². The van der Waals surface area contributed by atoms with Crippen molar-refractivity contribution in [2.75, 3.05) is 0 Å². The average Bonchev–Trinajstić information content (AvgIpc) is 2.92. The van der Waals surface area contributed by atoms with Crippen molar-refractivity contribution in [1.82, 2.24) is 9.55 Å². The standard InChI is InChI=1S/C15H16N2O2/c1-10-15(11-5-3-4-6-13(11)19-10)12(18)9-14-16-7-8-17(14)2/h3-8,12,18H,9H2,1-2H3. The van der Waals surface area contributed by atoms with E-state index in [1.54, 1.807) is 6.20 Å². The van der Waals surface area contributed by atoms with Crippen LogP contribution >= 0.6 is 0 Å². The molecule has 2 aromatic heterocycles. The second-order valence-electron chi connectivity index (χ2n) is 4.74. The lowest BCUT2D eigenvalue weighted by atomic mass is 10.0. The Kier molecular flexibility index (Phi) is 2.87. The van der Waals surface area contributed by atoms with Crippen molar-refractivity contribution in [2.24, 2.45) is 7.05 Å². The van der Waals surface area contributed by atoms with Crippen LogP contribution < -0.4 is 0 Å². The highest BCUT2D eigenvalue weighted by Gasteiger charge is 2.20. The summed E-state index contributed by atoms with van der Waals surface area (Å²) in [7, 11) is 1.93. The molecule has 4 heteroatoms. The molecule has 0 amide bonds. The summed E-state index contributed by atoms with van der Waals surface area (Å²) in [6, 6.07) is 7.77. The van der Waals surface area contributed by atoms with E-state index in [1.807, 2.05) is 49.0 Å². The van der Waals surface area contributed by atoms with Gasteiger partial charge in [-0.25, -0.2) is 4.98 Å². The summed E-state index contributed by atoms with van der Waals surface area (Å²) in [5.41, 5.74) is 1.67. The number of hydrogen-bond acceptors (Lipinski definition) is 3. The summed E-state index contributed by atoms with van der Waals surface area (Å²) < 4.78 is 7.60. The second kappa shape index (κ2) is 4.55. The molecule has 19 heavy (non-hydrogen) atoms. The summed E-state index contributed by atoms with van der Waals surface area (Å²) in [5, 5.41) is 11.4. The van der Waals surface area contributed by atoms with Gasteiger partial charge in [0.2, 0.25) is 0 Å². The number of hydrogen-bond donors (Lipinski definition) is 1. The van der Waals surface area contributed by atoms with Crippen LogP contribution in [0.1, 0.15) is 23.3 Å². The van der Waals surface area contributed by atoms with Gasteiger partial charge in [-0.05, 0) is 13.0 Å². The number of para-hydroxylation sites is 1. The molecule has 0 fully saturated rings. The highest BCUT2D eigenvalue weighted by atomic mass is 16.3. The minimum Gasteiger partial charge on any atom is -0.461 e. The number of nitrogens with zero attached hydrogens (tertiary/aromatic N) is 2. The van der Waals surface area contributed by atoms with Crippen LogP contribution in [0.5, 0.6) is 0 Å². The third-order valence-electron chi connectivity index (χ3n) is 3.45. The van der Waals surface area contributed by atoms with Gasteiger partial charge in [0.25, 0.3) is 0 Å². The predicted octanol–water partition coefficient (Wildman–Crippen LogP) is 2.75. The fraction of sp³-hybridized carbons (Fsp3) is 0.267. The quantitative estimate of drug-likeness (QED) is 0.784. The zero-order valence-electron chi connectivity index (χ0n) is 11.0. The number of imidazole rings is 1. The van der Waals surface area contributed by atoms with Crippen LogP contribution in [0.2, 0.25) is 0 Å². The minimum atomic E-state index is -0.607. The molecule has 98 valence electrons. The molecule has 0 aliphatic heterocycles. The van der Waals surface area contributed by atoms with Gasteiger partial charge in [0, 0.05) is 36.8 Å². The van der Waals surface area contributed by atoms with Crippen LogP contribution in [-0.4, -0.2) is 14.7 Å². The van der Waals surface area contributed by atoms with Crippen molar-refractivity contribution < 1.29 is 9.52 Å². The number of aliphatic hydroxyl groups excluding tert-OH is 1. The summed E-state index contributed by atoms with van der Waals surface area (Å²) in [6.07, 6.45) is 3.49. The lowest BCUT2D eigenvalue weighted by Gasteiger charge is -2.10. The van der Waals surface area contributed by atoms with Gasteiger partial charge in [0.05, 0.1) is 6.10 Å². The lowest BCUT2D eigenvalue weighted by Crippen LogP contribution is -2.07. The van der Waals surface area contributed by atoms with Crippen LogP contribution in [0.4, 0.5) is 0 Å². The van der Waals surface area contributed by atoms with E-state index in [9.17, 15) is 5.11 Å². The Morgan fingerprint density at radius 2 is 2.16 bits per heavy atom. The fourth-order valence-corrected chi connectivity index (χ4v) is 2.47. The minimum absolute atomic E-state index is 0.480. The van der Waals surface area contributed by atoms with E-state index in [-0.39, 0.29) is 0 Å². The Morgan fingerprint density at radius 3 is 2.89 bits per heavy atom. The molecule has 1 unspecified atom stereocenters. The SMILES string of the molecule is Cc1oc2ccccc2c1C(O)Cc1nccn1C. The maximum atomic E-state index is 10.5. The molecular weight excluding hydrogens is 240 g/mol. The van der Waals surface area contributed by atoms with Crippen molar-refractivity contribution in [3.8, 4) is 0 Å². The third kappa shape index (κ3) is 2.04. The third-order valence-corrected chi connectivity index (χ3v) is 3.45. The molecule has 0 bridgehead atoms. The monoisotopic (exact) mass is 256 g/mol. The molecule has 0 aliphatic rings. The Labute approximate surface area is 111 Å². The van der Waals surface area contributed by atoms with Crippen LogP contribution in [0.25, 0.3) is 11.0 Å². The zero-order chi connectivity index (χ0) is 13.4. The Hall–Kier alpha value is -2.07. The first kappa shape index (κ1) is 12.0. The summed E-state index contributed by atoms with van der Waals surface area (Å²) in [5.74, 6) is 1.63. The molecule has 1 N–H and O–H groups in total. The second-order valence-corrected chi connectivity index (χ2v) is 4.74. The first-order valence-corrected chi connectivity index (χ1v) is 6.29. The molecule has 1 atom stereocenters. The summed E-state index contributed by atoms with van der Waals surface area (Å²) in [4.78, 5) is 4.25. The zero-order valence-corrected chi connectivity index (χ0v) is 11.0. The normalized spacial score (nSPS) is 13.0. The van der Waals surface area contributed by atoms with E-state index in [0.29, 0.717) is 6.42 Å². The highest BCUT2D eigenvalue weighted by molar-refractivity contribution is 5.82. The van der Waals surface area contributed by atoms with Gasteiger partial charge >= 0.3 is 0 Å². The number of furan rings is 1. The van der Waals surface area contributed by atoms with E-state index >= 15 is 0 Å². The molecular formula is C15H16N2O2. The van der Waals surface area contributed by atoms with Crippen molar-refractivity contribution in [1.29, 1.82) is 0 Å². The number of aromatic nitrogens is 2. The van der Waals surface area contributed by atoms with E-state index in [4.69, 9.17) is 4.42 Å². The first-order valence-electron chi connectivity index (χ1n) is 6.29. The molecule has 0 saturated heterocycles. The van der Waals surface area contributed by atoms with Crippen LogP contribution in [-0.2, 0) is 13.5 Å². The molecule has 3 rings (SSSR count). The molecule has 0 saturated carbocycles. The number of fused-ring (bicyclic) bond motifs is 1. The largest absolute Gasteiger partial charge is 0.461 e. The van der Waals surface area contributed by atoms with Crippen LogP contribution in [0.3, 0.4) is 0 Å². The molecule has 1 aromatic carbocycles. The predicted molar refractivity (Wildman–Crippen MR) is 72.8 cm³/mol.